The molecule has 1 heterocycles. The van der Waals surface area contributed by atoms with Crippen molar-refractivity contribution >= 4 is 11.8 Å². The number of hydrogen-bond acceptors (Lipinski definition) is 2. The predicted octanol–water partition coefficient (Wildman–Crippen LogP) is 0.771. The summed E-state index contributed by atoms with van der Waals surface area (Å²) in [5, 5.41) is 2.71. The van der Waals surface area contributed by atoms with Crippen LogP contribution < -0.4 is 5.32 Å². The number of amides is 2. The van der Waals surface area contributed by atoms with E-state index in [9.17, 15) is 9.59 Å². The highest BCUT2D eigenvalue weighted by Crippen LogP contribution is 2.17. The van der Waals surface area contributed by atoms with Gasteiger partial charge in [0.05, 0.1) is 0 Å². The second kappa shape index (κ2) is 5.72. The summed E-state index contributed by atoms with van der Waals surface area (Å²) in [7, 11) is 0. The van der Waals surface area contributed by atoms with Gasteiger partial charge in [-0.3, -0.25) is 9.59 Å². The Hall–Kier alpha value is -1.50. The molecule has 2 amide bonds. The van der Waals surface area contributed by atoms with Gasteiger partial charge in [0.15, 0.2) is 0 Å². The number of carbonyl (C=O) groups excluding carboxylic acids is 2. The number of piperazine rings is 1. The van der Waals surface area contributed by atoms with Gasteiger partial charge in [0.25, 0.3) is 0 Å². The van der Waals surface area contributed by atoms with E-state index in [-0.39, 0.29) is 23.8 Å². The molecule has 0 aromatic heterocycles. The van der Waals surface area contributed by atoms with Gasteiger partial charge in [0, 0.05) is 13.0 Å². The molecule has 1 fully saturated rings. The van der Waals surface area contributed by atoms with Crippen LogP contribution in [0.25, 0.3) is 0 Å². The van der Waals surface area contributed by atoms with Crippen LogP contribution >= 0.6 is 0 Å². The van der Waals surface area contributed by atoms with Gasteiger partial charge in [0.2, 0.25) is 11.8 Å². The molecule has 94 valence electrons. The average molecular weight is 236 g/mol. The van der Waals surface area contributed by atoms with E-state index in [0.29, 0.717) is 13.0 Å². The van der Waals surface area contributed by atoms with Gasteiger partial charge in [0.1, 0.15) is 12.1 Å². The Morgan fingerprint density at radius 3 is 2.59 bits per heavy atom. The van der Waals surface area contributed by atoms with Crippen LogP contribution in [0, 0.1) is 17.8 Å². The lowest BCUT2D eigenvalue weighted by Gasteiger charge is -2.39. The quantitative estimate of drug-likeness (QED) is 0.736. The zero-order valence-electron chi connectivity index (χ0n) is 10.9. The number of nitrogens with one attached hydrogen (secondary N) is 1. The molecule has 17 heavy (non-hydrogen) atoms. The van der Waals surface area contributed by atoms with Gasteiger partial charge in [-0.1, -0.05) is 13.8 Å². The highest BCUT2D eigenvalue weighted by molar-refractivity contribution is 5.96. The molecule has 0 aliphatic carbocycles. The second-order valence-electron chi connectivity index (χ2n) is 4.63. The normalized spacial score (nSPS) is 24.4. The first-order valence-electron chi connectivity index (χ1n) is 5.99. The molecule has 1 aliphatic heterocycles. The fourth-order valence-corrected chi connectivity index (χ4v) is 2.10. The summed E-state index contributed by atoms with van der Waals surface area (Å²) >= 11 is 0. The maximum atomic E-state index is 12.0. The summed E-state index contributed by atoms with van der Waals surface area (Å²) in [6.07, 6.45) is 0.617. The SMILES string of the molecule is CC#CCCN1C(=O)C(C)NC(=O)C1C(C)C. The largest absolute Gasteiger partial charge is 0.343 e. The third kappa shape index (κ3) is 3.00. The van der Waals surface area contributed by atoms with Crippen molar-refractivity contribution in [3.8, 4) is 11.8 Å². The molecule has 0 aromatic carbocycles. The van der Waals surface area contributed by atoms with Crippen LogP contribution in [-0.4, -0.2) is 35.3 Å². The summed E-state index contributed by atoms with van der Waals surface area (Å²) < 4.78 is 0. The van der Waals surface area contributed by atoms with Crippen LogP contribution in [0.3, 0.4) is 0 Å². The van der Waals surface area contributed by atoms with E-state index in [2.05, 4.69) is 17.2 Å². The van der Waals surface area contributed by atoms with Crippen molar-refractivity contribution in [2.24, 2.45) is 5.92 Å². The van der Waals surface area contributed by atoms with Crippen molar-refractivity contribution in [1.82, 2.24) is 10.2 Å². The smallest absolute Gasteiger partial charge is 0.245 e. The molecule has 4 nitrogen and oxygen atoms in total. The topological polar surface area (TPSA) is 49.4 Å². The Kier molecular flexibility index (Phi) is 4.56. The first-order chi connectivity index (χ1) is 7.99. The predicted molar refractivity (Wildman–Crippen MR) is 66.0 cm³/mol. The maximum Gasteiger partial charge on any atom is 0.245 e. The molecule has 2 atom stereocenters. The van der Waals surface area contributed by atoms with E-state index in [1.165, 1.54) is 0 Å². The number of nitrogens with zero attached hydrogens (tertiary/aromatic N) is 1. The molecular formula is C13H20N2O2. The van der Waals surface area contributed by atoms with Crippen molar-refractivity contribution in [2.75, 3.05) is 6.54 Å². The molecule has 4 heteroatoms. The molecule has 0 saturated carbocycles. The lowest BCUT2D eigenvalue weighted by Crippen LogP contribution is -2.64. The van der Waals surface area contributed by atoms with Crippen LogP contribution in [0.1, 0.15) is 34.1 Å². The zero-order valence-corrected chi connectivity index (χ0v) is 10.9. The summed E-state index contributed by atoms with van der Waals surface area (Å²) in [6, 6.07) is -0.788. The van der Waals surface area contributed by atoms with Crippen molar-refractivity contribution in [2.45, 2.75) is 46.2 Å². The molecule has 1 N–H and O–H groups in total. The lowest BCUT2D eigenvalue weighted by atomic mass is 9.97. The van der Waals surface area contributed by atoms with Crippen LogP contribution in [0.5, 0.6) is 0 Å². The monoisotopic (exact) mass is 236 g/mol. The second-order valence-corrected chi connectivity index (χ2v) is 4.63. The summed E-state index contributed by atoms with van der Waals surface area (Å²) in [6.45, 7) is 7.92. The van der Waals surface area contributed by atoms with Crippen molar-refractivity contribution in [3.05, 3.63) is 0 Å². The lowest BCUT2D eigenvalue weighted by molar-refractivity contribution is -0.150. The number of hydrogen-bond donors (Lipinski definition) is 1. The fourth-order valence-electron chi connectivity index (χ4n) is 2.10. The Labute approximate surface area is 103 Å². The molecule has 1 rings (SSSR count). The summed E-state index contributed by atoms with van der Waals surface area (Å²) in [5.74, 6) is 5.77. The summed E-state index contributed by atoms with van der Waals surface area (Å²) in [4.78, 5) is 25.6. The van der Waals surface area contributed by atoms with E-state index in [4.69, 9.17) is 0 Å². The van der Waals surface area contributed by atoms with E-state index in [0.717, 1.165) is 0 Å². The van der Waals surface area contributed by atoms with E-state index in [1.807, 2.05) is 13.8 Å². The Morgan fingerprint density at radius 2 is 2.06 bits per heavy atom. The van der Waals surface area contributed by atoms with Crippen LogP contribution in [-0.2, 0) is 9.59 Å². The highest BCUT2D eigenvalue weighted by Gasteiger charge is 2.39. The third-order valence-corrected chi connectivity index (χ3v) is 2.90. The molecular weight excluding hydrogens is 216 g/mol. The minimum Gasteiger partial charge on any atom is -0.343 e. The van der Waals surface area contributed by atoms with Crippen molar-refractivity contribution in [3.63, 3.8) is 0 Å². The van der Waals surface area contributed by atoms with Gasteiger partial charge < -0.3 is 10.2 Å². The number of rotatable bonds is 3. The van der Waals surface area contributed by atoms with E-state index < -0.39 is 6.04 Å². The van der Waals surface area contributed by atoms with Crippen molar-refractivity contribution in [1.29, 1.82) is 0 Å². The molecule has 1 aliphatic rings. The van der Waals surface area contributed by atoms with Crippen LogP contribution in [0.2, 0.25) is 0 Å². The molecule has 0 spiro atoms. The van der Waals surface area contributed by atoms with Crippen LogP contribution in [0.15, 0.2) is 0 Å². The zero-order chi connectivity index (χ0) is 13.0. The van der Waals surface area contributed by atoms with Gasteiger partial charge >= 0.3 is 0 Å². The van der Waals surface area contributed by atoms with E-state index >= 15 is 0 Å². The fraction of sp³-hybridized carbons (Fsp3) is 0.692. The summed E-state index contributed by atoms with van der Waals surface area (Å²) in [5.41, 5.74) is 0. The van der Waals surface area contributed by atoms with Gasteiger partial charge in [-0.15, -0.1) is 11.8 Å². The third-order valence-electron chi connectivity index (χ3n) is 2.90. The Balaban J connectivity index is 2.85. The minimum atomic E-state index is -0.424. The highest BCUT2D eigenvalue weighted by atomic mass is 16.2. The standard InChI is InChI=1S/C13H20N2O2/c1-5-6-7-8-15-11(9(2)3)12(16)14-10(4)13(15)17/h9-11H,7-8H2,1-4H3,(H,14,16). The first-order valence-corrected chi connectivity index (χ1v) is 5.99. The first kappa shape index (κ1) is 13.6. The molecule has 0 radical (unpaired) electrons. The maximum absolute atomic E-state index is 12.0. The van der Waals surface area contributed by atoms with Gasteiger partial charge in [-0.25, -0.2) is 0 Å². The number of carbonyl (C=O) groups is 2. The van der Waals surface area contributed by atoms with Gasteiger partial charge in [-0.05, 0) is 19.8 Å². The van der Waals surface area contributed by atoms with Crippen molar-refractivity contribution < 1.29 is 9.59 Å². The minimum absolute atomic E-state index is 0.0128. The van der Waals surface area contributed by atoms with E-state index in [1.54, 1.807) is 18.7 Å². The molecule has 0 bridgehead atoms. The Morgan fingerprint density at radius 1 is 1.41 bits per heavy atom. The Bertz CT molecular complexity index is 365. The average Bonchev–Trinajstić information content (AvgIpc) is 2.24. The molecule has 1 saturated heterocycles. The van der Waals surface area contributed by atoms with Crippen LogP contribution in [0.4, 0.5) is 0 Å². The van der Waals surface area contributed by atoms with Gasteiger partial charge in [-0.2, -0.15) is 0 Å². The molecule has 0 aromatic rings. The molecule has 2 unspecified atom stereocenters.